The number of hydrogen-bond acceptors (Lipinski definition) is 7. The molecular weight excluding hydrogens is 304 g/mol. The molecule has 2 aliphatic rings. The molecule has 24 heavy (non-hydrogen) atoms. The van der Waals surface area contributed by atoms with E-state index in [1.165, 1.54) is 12.8 Å². The van der Waals surface area contributed by atoms with Gasteiger partial charge in [-0.1, -0.05) is 0 Å². The molecule has 0 spiro atoms. The number of pyridine rings is 1. The minimum Gasteiger partial charge on any atom is -0.370 e. The molecule has 1 saturated carbocycles. The summed E-state index contributed by atoms with van der Waals surface area (Å²) in [7, 11) is 0. The largest absolute Gasteiger partial charge is 0.370 e. The molecular formula is C16H20N8. The number of tetrazole rings is 1. The summed E-state index contributed by atoms with van der Waals surface area (Å²) in [6.45, 7) is 3.84. The van der Waals surface area contributed by atoms with Gasteiger partial charge in [0.05, 0.1) is 18.2 Å². The maximum absolute atomic E-state index is 8.79. The average molecular weight is 324 g/mol. The molecule has 4 rings (SSSR count). The van der Waals surface area contributed by atoms with Gasteiger partial charge >= 0.3 is 0 Å². The molecule has 0 bridgehead atoms. The Labute approximate surface area is 140 Å². The quantitative estimate of drug-likeness (QED) is 0.853. The van der Waals surface area contributed by atoms with Crippen LogP contribution in [0, 0.1) is 17.2 Å². The number of likely N-dealkylation sites (tertiary alicyclic amines) is 1. The van der Waals surface area contributed by atoms with Crippen molar-refractivity contribution in [2.75, 3.05) is 25.0 Å². The summed E-state index contributed by atoms with van der Waals surface area (Å²) < 4.78 is 1.99. The lowest BCUT2D eigenvalue weighted by molar-refractivity contribution is 0.302. The smallest absolute Gasteiger partial charge is 0.165 e. The van der Waals surface area contributed by atoms with Crippen LogP contribution in [0.15, 0.2) is 18.3 Å². The van der Waals surface area contributed by atoms with Crippen LogP contribution in [0.3, 0.4) is 0 Å². The Kier molecular flexibility index (Phi) is 4.09. The van der Waals surface area contributed by atoms with Crippen molar-refractivity contribution in [1.82, 2.24) is 30.1 Å². The molecule has 0 aromatic carbocycles. The lowest BCUT2D eigenvalue weighted by Gasteiger charge is -2.16. The van der Waals surface area contributed by atoms with E-state index in [1.54, 1.807) is 12.3 Å². The third kappa shape index (κ3) is 3.36. The zero-order valence-corrected chi connectivity index (χ0v) is 13.5. The Morgan fingerprint density at radius 1 is 1.29 bits per heavy atom. The van der Waals surface area contributed by atoms with Gasteiger partial charge < -0.3 is 5.32 Å². The fourth-order valence-corrected chi connectivity index (χ4v) is 3.16. The Morgan fingerprint density at radius 3 is 2.96 bits per heavy atom. The van der Waals surface area contributed by atoms with Crippen molar-refractivity contribution < 1.29 is 0 Å². The lowest BCUT2D eigenvalue weighted by atomic mass is 10.1. The standard InChI is InChI=1S/C16H20N8/c17-7-12-1-4-15(18-8-12)19-9-13-5-6-23(10-13)11-16-20-21-22-24(16)14-2-3-14/h1,4,8,13-14H,2-3,5-6,9-11H2,(H,18,19). The van der Waals surface area contributed by atoms with E-state index in [4.69, 9.17) is 5.26 Å². The summed E-state index contributed by atoms with van der Waals surface area (Å²) in [5.74, 6) is 2.40. The van der Waals surface area contributed by atoms with Gasteiger partial charge in [0.2, 0.25) is 0 Å². The minimum absolute atomic E-state index is 0.525. The highest BCUT2D eigenvalue weighted by atomic mass is 15.6. The van der Waals surface area contributed by atoms with Crippen molar-refractivity contribution in [2.24, 2.45) is 5.92 Å². The zero-order valence-electron chi connectivity index (χ0n) is 13.5. The van der Waals surface area contributed by atoms with Crippen LogP contribution in [0.25, 0.3) is 0 Å². The predicted octanol–water partition coefficient (Wildman–Crippen LogP) is 1.21. The molecule has 1 atom stereocenters. The highest BCUT2D eigenvalue weighted by Gasteiger charge is 2.29. The molecule has 0 amide bonds. The molecule has 8 heteroatoms. The maximum Gasteiger partial charge on any atom is 0.165 e. The van der Waals surface area contributed by atoms with E-state index >= 15 is 0 Å². The third-order valence-electron chi connectivity index (χ3n) is 4.65. The van der Waals surface area contributed by atoms with Crippen LogP contribution < -0.4 is 5.32 Å². The second-order valence-corrected chi connectivity index (χ2v) is 6.59. The molecule has 1 aliphatic heterocycles. The predicted molar refractivity (Wildman–Crippen MR) is 86.9 cm³/mol. The summed E-state index contributed by atoms with van der Waals surface area (Å²) in [6, 6.07) is 6.25. The van der Waals surface area contributed by atoms with E-state index < -0.39 is 0 Å². The molecule has 1 saturated heterocycles. The van der Waals surface area contributed by atoms with Crippen molar-refractivity contribution in [2.45, 2.75) is 31.8 Å². The fourth-order valence-electron chi connectivity index (χ4n) is 3.16. The second kappa shape index (κ2) is 6.53. The summed E-state index contributed by atoms with van der Waals surface area (Å²) in [5, 5.41) is 24.3. The molecule has 124 valence electrons. The van der Waals surface area contributed by atoms with Gasteiger partial charge in [-0.2, -0.15) is 5.26 Å². The van der Waals surface area contributed by atoms with Gasteiger partial charge in [0, 0.05) is 19.3 Å². The Balaban J connectivity index is 1.27. The van der Waals surface area contributed by atoms with E-state index in [0.717, 1.165) is 44.2 Å². The molecule has 3 heterocycles. The third-order valence-corrected chi connectivity index (χ3v) is 4.65. The summed E-state index contributed by atoms with van der Waals surface area (Å²) in [6.07, 6.45) is 5.15. The fraction of sp³-hybridized carbons (Fsp3) is 0.562. The first-order chi connectivity index (χ1) is 11.8. The first-order valence-corrected chi connectivity index (χ1v) is 8.41. The van der Waals surface area contributed by atoms with Gasteiger partial charge in [-0.15, -0.1) is 5.10 Å². The van der Waals surface area contributed by atoms with Crippen LogP contribution in [-0.2, 0) is 6.54 Å². The maximum atomic E-state index is 8.79. The number of aromatic nitrogens is 5. The van der Waals surface area contributed by atoms with Crippen molar-refractivity contribution in [3.63, 3.8) is 0 Å². The van der Waals surface area contributed by atoms with E-state index in [2.05, 4.69) is 36.8 Å². The first-order valence-electron chi connectivity index (χ1n) is 8.41. The summed E-state index contributed by atoms with van der Waals surface area (Å²) in [5.41, 5.74) is 0.584. The number of rotatable bonds is 6. The Morgan fingerprint density at radius 2 is 2.21 bits per heavy atom. The van der Waals surface area contributed by atoms with E-state index in [-0.39, 0.29) is 0 Å². The Hall–Kier alpha value is -2.53. The molecule has 2 aromatic heterocycles. The first kappa shape index (κ1) is 15.0. The highest BCUT2D eigenvalue weighted by Crippen LogP contribution is 2.34. The second-order valence-electron chi connectivity index (χ2n) is 6.59. The summed E-state index contributed by atoms with van der Waals surface area (Å²) in [4.78, 5) is 6.67. The molecule has 1 N–H and O–H groups in total. The lowest BCUT2D eigenvalue weighted by Crippen LogP contribution is -2.24. The molecule has 1 aliphatic carbocycles. The number of nitrogens with zero attached hydrogens (tertiary/aromatic N) is 7. The Bertz CT molecular complexity index is 727. The normalized spacial score (nSPS) is 20.9. The highest BCUT2D eigenvalue weighted by molar-refractivity contribution is 5.38. The van der Waals surface area contributed by atoms with Crippen molar-refractivity contribution in [3.8, 4) is 6.07 Å². The van der Waals surface area contributed by atoms with E-state index in [0.29, 0.717) is 17.5 Å². The average Bonchev–Trinajstić information content (AvgIpc) is 3.19. The number of hydrogen-bond donors (Lipinski definition) is 1. The van der Waals surface area contributed by atoms with Crippen molar-refractivity contribution >= 4 is 5.82 Å². The molecule has 2 fully saturated rings. The molecule has 8 nitrogen and oxygen atoms in total. The van der Waals surface area contributed by atoms with Crippen LogP contribution in [0.4, 0.5) is 5.82 Å². The molecule has 0 radical (unpaired) electrons. The van der Waals surface area contributed by atoms with Crippen molar-refractivity contribution in [1.29, 1.82) is 5.26 Å². The molecule has 2 aromatic rings. The van der Waals surface area contributed by atoms with Crippen LogP contribution in [-0.4, -0.2) is 49.7 Å². The van der Waals surface area contributed by atoms with Gasteiger partial charge in [-0.25, -0.2) is 9.67 Å². The van der Waals surface area contributed by atoms with Gasteiger partial charge in [-0.3, -0.25) is 4.90 Å². The number of anilines is 1. The topological polar surface area (TPSA) is 95.5 Å². The van der Waals surface area contributed by atoms with Gasteiger partial charge in [0.1, 0.15) is 11.9 Å². The van der Waals surface area contributed by atoms with E-state index in [9.17, 15) is 0 Å². The number of nitrogens with one attached hydrogen (secondary N) is 1. The summed E-state index contributed by atoms with van der Waals surface area (Å²) >= 11 is 0. The molecule has 1 unspecified atom stereocenters. The van der Waals surface area contributed by atoms with Gasteiger partial charge in [-0.05, 0) is 54.3 Å². The van der Waals surface area contributed by atoms with E-state index in [1.807, 2.05) is 10.7 Å². The van der Waals surface area contributed by atoms with Gasteiger partial charge in [0.25, 0.3) is 0 Å². The van der Waals surface area contributed by atoms with Crippen LogP contribution in [0.1, 0.15) is 36.7 Å². The van der Waals surface area contributed by atoms with Crippen molar-refractivity contribution in [3.05, 3.63) is 29.7 Å². The number of nitriles is 1. The zero-order chi connectivity index (χ0) is 16.4. The van der Waals surface area contributed by atoms with Gasteiger partial charge in [0.15, 0.2) is 5.82 Å². The van der Waals surface area contributed by atoms with Crippen LogP contribution in [0.5, 0.6) is 0 Å². The monoisotopic (exact) mass is 324 g/mol. The van der Waals surface area contributed by atoms with Crippen LogP contribution in [0.2, 0.25) is 0 Å². The van der Waals surface area contributed by atoms with Crippen LogP contribution >= 0.6 is 0 Å². The minimum atomic E-state index is 0.525. The SMILES string of the molecule is N#Cc1ccc(NCC2CCN(Cc3nnnn3C3CC3)C2)nc1.